The average Bonchev–Trinajstić information content (AvgIpc) is 3.40. The predicted molar refractivity (Wildman–Crippen MR) is 337 cm³/mol. The zero-order valence-electron chi connectivity index (χ0n) is 51.6. The minimum absolute atomic E-state index is 0.0328. The highest BCUT2D eigenvalue weighted by molar-refractivity contribution is 7.47. The van der Waals surface area contributed by atoms with Crippen molar-refractivity contribution in [3.8, 4) is 0 Å². The van der Waals surface area contributed by atoms with E-state index in [1.165, 1.54) is 141 Å². The first-order valence-corrected chi connectivity index (χ1v) is 33.9. The number of hydrogen-bond donors (Lipinski definition) is 2. The summed E-state index contributed by atoms with van der Waals surface area (Å²) in [5.41, 5.74) is 0. The summed E-state index contributed by atoms with van der Waals surface area (Å²) >= 11 is 0. The summed E-state index contributed by atoms with van der Waals surface area (Å²) in [7, 11) is 1.48. The van der Waals surface area contributed by atoms with Gasteiger partial charge in [0, 0.05) is 12.8 Å². The van der Waals surface area contributed by atoms with Crippen LogP contribution in [0.1, 0.15) is 284 Å². The van der Waals surface area contributed by atoms with E-state index in [0.717, 1.165) is 109 Å². The van der Waals surface area contributed by atoms with Crippen molar-refractivity contribution in [2.75, 3.05) is 40.9 Å². The summed E-state index contributed by atoms with van der Waals surface area (Å²) in [4.78, 5) is 37.8. The lowest BCUT2D eigenvalue weighted by molar-refractivity contribution is -0.870. The third-order valence-electron chi connectivity index (χ3n) is 14.1. The highest BCUT2D eigenvalue weighted by Gasteiger charge is 2.30. The molecule has 0 bridgehead atoms. The van der Waals surface area contributed by atoms with Gasteiger partial charge in [-0.3, -0.25) is 18.6 Å². The molecule has 0 aliphatic heterocycles. The zero-order valence-corrected chi connectivity index (χ0v) is 52.5. The number of carbonyl (C=O) groups is 2. The zero-order chi connectivity index (χ0) is 57.2. The van der Waals surface area contributed by atoms with Crippen molar-refractivity contribution >= 4 is 19.7 Å². The van der Waals surface area contributed by atoms with Gasteiger partial charge < -0.3 is 19.4 Å². The average molecular weight is 1110 g/mol. The van der Waals surface area contributed by atoms with Gasteiger partial charge in [-0.05, 0) is 102 Å². The van der Waals surface area contributed by atoms with Crippen LogP contribution in [0, 0.1) is 0 Å². The Kier molecular flexibility index (Phi) is 55.4. The molecule has 0 aliphatic carbocycles. The van der Waals surface area contributed by atoms with E-state index in [0.29, 0.717) is 17.4 Å². The van der Waals surface area contributed by atoms with E-state index in [1.807, 2.05) is 33.3 Å². The van der Waals surface area contributed by atoms with Crippen molar-refractivity contribution in [3.05, 3.63) is 85.1 Å². The fourth-order valence-corrected chi connectivity index (χ4v) is 9.82. The number of carbonyl (C=O) groups excluding carboxylic acids is 2. The van der Waals surface area contributed by atoms with E-state index in [2.05, 4.69) is 99.0 Å². The number of quaternary nitrogens is 1. The topological polar surface area (TPSA) is 111 Å². The lowest BCUT2D eigenvalue weighted by atomic mass is 10.0. The van der Waals surface area contributed by atoms with E-state index in [1.54, 1.807) is 0 Å². The summed E-state index contributed by atoms with van der Waals surface area (Å²) in [6.45, 7) is 6.89. The smallest absolute Gasteiger partial charge is 0.456 e. The SMILES string of the molecule is CC/C=C\C/C=C\C/C=C\C/C=C\C/C=C\CCCCCCCC(=O)NC(COP(=O)(O)OCC[N+](C)(C)C)C(/C=C/CCCCCCCCCCCC)OC(=O)CCCCCCCCCCC/C=C/CCCCCCCC. The van der Waals surface area contributed by atoms with Crippen molar-refractivity contribution < 1.29 is 37.3 Å². The number of hydrogen-bond acceptors (Lipinski definition) is 6. The Morgan fingerprint density at radius 2 is 0.821 bits per heavy atom. The number of phosphoric acid groups is 1. The minimum Gasteiger partial charge on any atom is -0.456 e. The van der Waals surface area contributed by atoms with Gasteiger partial charge >= 0.3 is 13.8 Å². The molecule has 0 aromatic rings. The van der Waals surface area contributed by atoms with Gasteiger partial charge in [0.1, 0.15) is 19.3 Å². The van der Waals surface area contributed by atoms with Crippen LogP contribution in [0.3, 0.4) is 0 Å². The molecular weight excluding hydrogens is 988 g/mol. The number of esters is 1. The molecular formula is C68H124N2O7P+. The van der Waals surface area contributed by atoms with Gasteiger partial charge in [-0.15, -0.1) is 0 Å². The number of likely N-dealkylation sites (N-methyl/N-ethyl adjacent to an activating group) is 1. The fraction of sp³-hybridized carbons (Fsp3) is 0.765. The molecule has 0 aliphatic rings. The first-order valence-electron chi connectivity index (χ1n) is 32.4. The Morgan fingerprint density at radius 1 is 0.462 bits per heavy atom. The molecule has 9 nitrogen and oxygen atoms in total. The predicted octanol–water partition coefficient (Wildman–Crippen LogP) is 20.2. The van der Waals surface area contributed by atoms with Gasteiger partial charge in [-0.1, -0.05) is 254 Å². The van der Waals surface area contributed by atoms with E-state index in [-0.39, 0.29) is 31.5 Å². The second-order valence-electron chi connectivity index (χ2n) is 22.9. The second kappa shape index (κ2) is 57.4. The first kappa shape index (κ1) is 75.2. The van der Waals surface area contributed by atoms with E-state index in [9.17, 15) is 19.0 Å². The number of nitrogens with zero attached hydrogens (tertiary/aromatic N) is 1. The Morgan fingerprint density at radius 3 is 1.24 bits per heavy atom. The van der Waals surface area contributed by atoms with Crippen LogP contribution in [0.4, 0.5) is 0 Å². The molecule has 3 unspecified atom stereocenters. The van der Waals surface area contributed by atoms with Crippen molar-refractivity contribution in [3.63, 3.8) is 0 Å². The van der Waals surface area contributed by atoms with Crippen LogP contribution >= 0.6 is 7.82 Å². The molecule has 0 aromatic heterocycles. The summed E-state index contributed by atoms with van der Waals surface area (Å²) in [5.74, 6) is -0.527. The monoisotopic (exact) mass is 1110 g/mol. The van der Waals surface area contributed by atoms with Crippen LogP contribution in [0.15, 0.2) is 85.1 Å². The molecule has 78 heavy (non-hydrogen) atoms. The number of nitrogens with one attached hydrogen (secondary N) is 1. The number of allylic oxidation sites excluding steroid dienone is 13. The van der Waals surface area contributed by atoms with Crippen molar-refractivity contribution in [1.82, 2.24) is 5.32 Å². The van der Waals surface area contributed by atoms with Gasteiger partial charge in [-0.25, -0.2) is 4.57 Å². The molecule has 1 amide bonds. The molecule has 10 heteroatoms. The summed E-state index contributed by atoms with van der Waals surface area (Å²) in [5, 5.41) is 3.05. The number of unbranched alkanes of at least 4 members (excludes halogenated alkanes) is 30. The quantitative estimate of drug-likeness (QED) is 0.0205. The number of amides is 1. The molecule has 0 fully saturated rings. The lowest BCUT2D eigenvalue weighted by Crippen LogP contribution is -2.47. The number of rotatable bonds is 58. The van der Waals surface area contributed by atoms with Crippen LogP contribution in [0.5, 0.6) is 0 Å². The normalized spacial score (nSPS) is 14.2. The van der Waals surface area contributed by atoms with Gasteiger partial charge in [0.2, 0.25) is 5.91 Å². The van der Waals surface area contributed by atoms with Crippen LogP contribution in [0.25, 0.3) is 0 Å². The van der Waals surface area contributed by atoms with Crippen molar-refractivity contribution in [2.45, 2.75) is 296 Å². The van der Waals surface area contributed by atoms with Gasteiger partial charge in [-0.2, -0.15) is 0 Å². The molecule has 2 N–H and O–H groups in total. The van der Waals surface area contributed by atoms with E-state index >= 15 is 0 Å². The van der Waals surface area contributed by atoms with Crippen LogP contribution in [-0.2, 0) is 27.9 Å². The van der Waals surface area contributed by atoms with Crippen LogP contribution < -0.4 is 5.32 Å². The summed E-state index contributed by atoms with van der Waals surface area (Å²) < 4.78 is 30.7. The Balaban J connectivity index is 5.25. The molecule has 0 aromatic carbocycles. The second-order valence-corrected chi connectivity index (χ2v) is 24.4. The molecule has 0 spiro atoms. The summed E-state index contributed by atoms with van der Waals surface area (Å²) in [6.07, 6.45) is 75.8. The fourth-order valence-electron chi connectivity index (χ4n) is 9.08. The van der Waals surface area contributed by atoms with Crippen LogP contribution in [0.2, 0.25) is 0 Å². The standard InChI is InChI=1S/C68H123N2O7P/c1-7-10-13-16-19-22-25-28-30-32-34-35-37-38-40-42-45-48-51-54-57-60-67(71)69-65(64-76-78(73,74)75-63-62-70(4,5)6)66(59-56-53-50-47-44-27-24-21-18-15-12-9-3)77-68(72)61-58-55-52-49-46-43-41-39-36-33-31-29-26-23-20-17-14-11-8-2/h10,13,19,22,28-31,34-35,38,40,56,59,65-66H,7-9,11-12,14-18,20-21,23-27,32-33,36-37,39,41-55,57-58,60-64H2,1-6H3,(H-,69,71,73,74)/p+1/b13-10-,22-19-,30-28-,31-29+,35-34-,40-38-,59-56+. The lowest BCUT2D eigenvalue weighted by Gasteiger charge is -2.27. The first-order chi connectivity index (χ1) is 37.9. The van der Waals surface area contributed by atoms with Gasteiger partial charge in [0.15, 0.2) is 0 Å². The highest BCUT2D eigenvalue weighted by Crippen LogP contribution is 2.43. The largest absolute Gasteiger partial charge is 0.472 e. The van der Waals surface area contributed by atoms with Crippen molar-refractivity contribution in [1.29, 1.82) is 0 Å². The van der Waals surface area contributed by atoms with E-state index in [4.69, 9.17) is 13.8 Å². The Hall–Kier alpha value is -2.81. The Labute approximate surface area is 482 Å². The molecule has 0 radical (unpaired) electrons. The molecule has 0 heterocycles. The third kappa shape index (κ3) is 57.9. The number of ether oxygens (including phenoxy) is 1. The van der Waals surface area contributed by atoms with E-state index < -0.39 is 20.0 Å². The third-order valence-corrected chi connectivity index (χ3v) is 15.1. The number of phosphoric ester groups is 1. The Bertz CT molecular complexity index is 1610. The summed E-state index contributed by atoms with van der Waals surface area (Å²) in [6, 6.07) is -0.863. The minimum atomic E-state index is -4.46. The molecule has 0 saturated heterocycles. The maximum atomic E-state index is 13.6. The van der Waals surface area contributed by atoms with Gasteiger partial charge in [0.05, 0.1) is 33.8 Å². The maximum absolute atomic E-state index is 13.6. The molecule has 452 valence electrons. The van der Waals surface area contributed by atoms with Gasteiger partial charge in [0.25, 0.3) is 0 Å². The maximum Gasteiger partial charge on any atom is 0.472 e. The van der Waals surface area contributed by atoms with Crippen LogP contribution in [-0.4, -0.2) is 74.3 Å². The molecule has 3 atom stereocenters. The highest BCUT2D eigenvalue weighted by atomic mass is 31.2. The molecule has 0 saturated carbocycles. The van der Waals surface area contributed by atoms with Crippen molar-refractivity contribution in [2.24, 2.45) is 0 Å². The molecule has 0 rings (SSSR count).